The molecule has 8 nitrogen and oxygen atoms in total. The summed E-state index contributed by atoms with van der Waals surface area (Å²) in [6.45, 7) is 2.63. The van der Waals surface area contributed by atoms with Gasteiger partial charge in [0.15, 0.2) is 4.90 Å². The molecular weight excluding hydrogens is 370 g/mol. The molecule has 2 aromatic rings. The molecule has 1 N–H and O–H groups in total. The summed E-state index contributed by atoms with van der Waals surface area (Å²) >= 11 is 0. The molecule has 0 aromatic heterocycles. The fraction of sp³-hybridized carbons (Fsp3) is 0.333. The van der Waals surface area contributed by atoms with E-state index in [1.165, 1.54) is 23.5 Å². The number of sulfonamides is 1. The zero-order chi connectivity index (χ0) is 19.6. The zero-order valence-corrected chi connectivity index (χ0v) is 15.9. The number of nitrogens with zero attached hydrogens (tertiary/aromatic N) is 2. The van der Waals surface area contributed by atoms with Crippen molar-refractivity contribution < 1.29 is 18.1 Å². The molecule has 2 aromatic carbocycles. The van der Waals surface area contributed by atoms with Gasteiger partial charge in [-0.15, -0.1) is 0 Å². The van der Waals surface area contributed by atoms with E-state index in [9.17, 15) is 18.5 Å². The molecule has 1 fully saturated rings. The lowest BCUT2D eigenvalue weighted by atomic mass is 10.0. The lowest BCUT2D eigenvalue weighted by Gasteiger charge is -2.36. The molecule has 1 heterocycles. The van der Waals surface area contributed by atoms with Crippen LogP contribution in [-0.2, 0) is 10.0 Å². The van der Waals surface area contributed by atoms with Crippen molar-refractivity contribution >= 4 is 15.7 Å². The number of rotatable bonds is 5. The van der Waals surface area contributed by atoms with E-state index in [1.807, 2.05) is 18.2 Å². The molecular formula is C18H21N3O5S. The van der Waals surface area contributed by atoms with Crippen LogP contribution in [-0.4, -0.2) is 44.4 Å². The number of hydrogen-bond acceptors (Lipinski definition) is 6. The molecule has 27 heavy (non-hydrogen) atoms. The third-order valence-corrected chi connectivity index (χ3v) is 6.75. The highest BCUT2D eigenvalue weighted by Gasteiger charge is 2.39. The van der Waals surface area contributed by atoms with Gasteiger partial charge in [0.2, 0.25) is 0 Å². The molecule has 1 atom stereocenters. The molecule has 0 spiro atoms. The maximum Gasteiger partial charge on any atom is 0.289 e. The van der Waals surface area contributed by atoms with Gasteiger partial charge < -0.3 is 10.1 Å². The van der Waals surface area contributed by atoms with Gasteiger partial charge in [0, 0.05) is 31.3 Å². The van der Waals surface area contributed by atoms with Gasteiger partial charge >= 0.3 is 0 Å². The number of nitro groups is 1. The van der Waals surface area contributed by atoms with Gasteiger partial charge in [0.1, 0.15) is 5.75 Å². The van der Waals surface area contributed by atoms with E-state index in [-0.39, 0.29) is 11.4 Å². The van der Waals surface area contributed by atoms with Crippen LogP contribution in [0.2, 0.25) is 0 Å². The molecule has 0 aliphatic carbocycles. The fourth-order valence-corrected chi connectivity index (χ4v) is 5.38. The molecule has 1 saturated heterocycles. The predicted octanol–water partition coefficient (Wildman–Crippen LogP) is 2.25. The summed E-state index contributed by atoms with van der Waals surface area (Å²) in [5.74, 6) is 0.575. The Balaban J connectivity index is 2.14. The molecule has 0 bridgehead atoms. The van der Waals surface area contributed by atoms with E-state index in [0.29, 0.717) is 30.0 Å². The summed E-state index contributed by atoms with van der Waals surface area (Å²) in [5.41, 5.74) is 0.654. The number of methoxy groups -OCH3 is 1. The first-order valence-electron chi connectivity index (χ1n) is 8.47. The van der Waals surface area contributed by atoms with Gasteiger partial charge in [-0.25, -0.2) is 8.42 Å². The number of ether oxygens (including phenoxy) is 1. The van der Waals surface area contributed by atoms with Crippen LogP contribution in [0.4, 0.5) is 5.69 Å². The van der Waals surface area contributed by atoms with Crippen LogP contribution >= 0.6 is 0 Å². The first kappa shape index (κ1) is 19.3. The van der Waals surface area contributed by atoms with Crippen LogP contribution < -0.4 is 10.1 Å². The van der Waals surface area contributed by atoms with E-state index < -0.39 is 26.7 Å². The Morgan fingerprint density at radius 1 is 1.22 bits per heavy atom. The van der Waals surface area contributed by atoms with Crippen molar-refractivity contribution in [3.63, 3.8) is 0 Å². The number of nitro benzene ring substituents is 1. The average molecular weight is 391 g/mol. The van der Waals surface area contributed by atoms with E-state index in [1.54, 1.807) is 19.1 Å². The standard InChI is InChI=1S/C18H21N3O5S/c1-13-6-5-8-15(21(22)23)18(13)27(24,25)20-11-10-19-12-16(20)14-7-3-4-9-17(14)26-2/h3-9,16,19H,10-12H2,1-2H3. The summed E-state index contributed by atoms with van der Waals surface area (Å²) in [5, 5.41) is 14.6. The first-order valence-corrected chi connectivity index (χ1v) is 9.91. The lowest BCUT2D eigenvalue weighted by molar-refractivity contribution is -0.387. The van der Waals surface area contributed by atoms with Crippen molar-refractivity contribution in [2.45, 2.75) is 17.9 Å². The summed E-state index contributed by atoms with van der Waals surface area (Å²) < 4.78 is 33.7. The fourth-order valence-electron chi connectivity index (χ4n) is 3.41. The summed E-state index contributed by atoms with van der Waals surface area (Å²) in [7, 11) is -2.57. The van der Waals surface area contributed by atoms with Crippen molar-refractivity contribution in [3.05, 3.63) is 63.7 Å². The Kier molecular flexibility index (Phi) is 5.45. The van der Waals surface area contributed by atoms with E-state index in [4.69, 9.17) is 4.74 Å². The second-order valence-corrected chi connectivity index (χ2v) is 8.09. The molecule has 1 unspecified atom stereocenters. The number of para-hydroxylation sites is 1. The van der Waals surface area contributed by atoms with E-state index in [0.717, 1.165) is 0 Å². The van der Waals surface area contributed by atoms with Gasteiger partial charge in [0.05, 0.1) is 18.1 Å². The normalized spacial score (nSPS) is 18.2. The molecule has 9 heteroatoms. The molecule has 0 radical (unpaired) electrons. The average Bonchev–Trinajstić information content (AvgIpc) is 2.67. The molecule has 1 aliphatic heterocycles. The Hall–Kier alpha value is -2.49. The molecule has 1 aliphatic rings. The maximum atomic E-state index is 13.5. The minimum Gasteiger partial charge on any atom is -0.496 e. The van der Waals surface area contributed by atoms with E-state index >= 15 is 0 Å². The third kappa shape index (κ3) is 3.53. The SMILES string of the molecule is COc1ccccc1C1CNCCN1S(=O)(=O)c1c(C)cccc1[N+](=O)[O-]. The Morgan fingerprint density at radius 3 is 2.67 bits per heavy atom. The molecule has 0 saturated carbocycles. The molecule has 144 valence electrons. The van der Waals surface area contributed by atoms with Crippen LogP contribution in [0, 0.1) is 17.0 Å². The second-order valence-electron chi connectivity index (χ2n) is 6.26. The van der Waals surface area contributed by atoms with Gasteiger partial charge in [-0.2, -0.15) is 4.31 Å². The van der Waals surface area contributed by atoms with Crippen LogP contribution in [0.1, 0.15) is 17.2 Å². The highest BCUT2D eigenvalue weighted by atomic mass is 32.2. The van der Waals surface area contributed by atoms with Crippen LogP contribution in [0.3, 0.4) is 0 Å². The zero-order valence-electron chi connectivity index (χ0n) is 15.1. The summed E-state index contributed by atoms with van der Waals surface area (Å²) in [4.78, 5) is 10.5. The van der Waals surface area contributed by atoms with Gasteiger partial charge in [-0.1, -0.05) is 30.3 Å². The van der Waals surface area contributed by atoms with Crippen molar-refractivity contribution in [2.24, 2.45) is 0 Å². The number of hydrogen-bond donors (Lipinski definition) is 1. The van der Waals surface area contributed by atoms with Crippen molar-refractivity contribution in [1.29, 1.82) is 0 Å². The third-order valence-electron chi connectivity index (χ3n) is 4.65. The smallest absolute Gasteiger partial charge is 0.289 e. The Bertz CT molecular complexity index is 961. The van der Waals surface area contributed by atoms with E-state index in [2.05, 4.69) is 5.32 Å². The highest BCUT2D eigenvalue weighted by molar-refractivity contribution is 7.89. The highest BCUT2D eigenvalue weighted by Crippen LogP contribution is 2.37. The van der Waals surface area contributed by atoms with Gasteiger partial charge in [-0.3, -0.25) is 10.1 Å². The summed E-state index contributed by atoms with van der Waals surface area (Å²) in [6.07, 6.45) is 0. The number of piperazine rings is 1. The van der Waals surface area contributed by atoms with Crippen molar-refractivity contribution in [1.82, 2.24) is 9.62 Å². The summed E-state index contributed by atoms with van der Waals surface area (Å²) in [6, 6.07) is 11.0. The maximum absolute atomic E-state index is 13.5. The monoisotopic (exact) mass is 391 g/mol. The quantitative estimate of drug-likeness (QED) is 0.620. The molecule has 3 rings (SSSR count). The van der Waals surface area contributed by atoms with Crippen LogP contribution in [0.25, 0.3) is 0 Å². The number of aryl methyl sites for hydroxylation is 1. The van der Waals surface area contributed by atoms with Crippen molar-refractivity contribution in [2.75, 3.05) is 26.7 Å². The lowest BCUT2D eigenvalue weighted by Crippen LogP contribution is -2.48. The molecule has 0 amide bonds. The van der Waals surface area contributed by atoms with Gasteiger partial charge in [0.25, 0.3) is 15.7 Å². The second kappa shape index (κ2) is 7.63. The predicted molar refractivity (Wildman–Crippen MR) is 100 cm³/mol. The van der Waals surface area contributed by atoms with Gasteiger partial charge in [-0.05, 0) is 18.6 Å². The Morgan fingerprint density at radius 2 is 1.96 bits per heavy atom. The minimum atomic E-state index is -4.09. The van der Waals surface area contributed by atoms with Crippen molar-refractivity contribution in [3.8, 4) is 5.75 Å². The largest absolute Gasteiger partial charge is 0.496 e. The topological polar surface area (TPSA) is 102 Å². The van der Waals surface area contributed by atoms with Crippen LogP contribution in [0.15, 0.2) is 47.4 Å². The number of nitrogens with one attached hydrogen (secondary N) is 1. The first-order chi connectivity index (χ1) is 12.9. The number of benzene rings is 2. The minimum absolute atomic E-state index is 0.205. The Labute approximate surface area is 158 Å². The van der Waals surface area contributed by atoms with Crippen LogP contribution in [0.5, 0.6) is 5.75 Å².